The van der Waals surface area contributed by atoms with E-state index in [9.17, 15) is 4.39 Å². The van der Waals surface area contributed by atoms with Crippen LogP contribution in [0.4, 0.5) is 14.5 Å². The molecule has 4 aromatic rings. The van der Waals surface area contributed by atoms with Crippen molar-refractivity contribution in [1.82, 2.24) is 4.98 Å². The number of para-hydroxylation sites is 1. The summed E-state index contributed by atoms with van der Waals surface area (Å²) in [6.45, 7) is 0. The summed E-state index contributed by atoms with van der Waals surface area (Å²) in [6.07, 6.45) is 0. The second-order valence-corrected chi connectivity index (χ2v) is 7.24. The molecule has 2 heterocycles. The van der Waals surface area contributed by atoms with E-state index in [0.29, 0.717) is 10.6 Å². The molecule has 2 aromatic carbocycles. The second-order valence-electron chi connectivity index (χ2n) is 5.13. The molecule has 2 aromatic heterocycles. The third kappa shape index (κ3) is 2.86. The molecular weight excluding hydrogens is 343 g/mol. The van der Waals surface area contributed by atoms with Gasteiger partial charge in [0.15, 0.2) is 5.13 Å². The lowest BCUT2D eigenvalue weighted by molar-refractivity contribution is 0.415. The van der Waals surface area contributed by atoms with Gasteiger partial charge in [0.25, 0.3) is 0 Å². The van der Waals surface area contributed by atoms with Crippen LogP contribution in [0.3, 0.4) is 0 Å². The standard InChI is InChI=1S/C18H13FN2OS2/c1-22-12-5-2-4-11(10-12)14-8-9-16(23-14)20-18-21-17-13(19)6-3-7-15(17)24-18/h2-10H,1H3,(H,20,21). The Balaban J connectivity index is 1.61. The van der Waals surface area contributed by atoms with Gasteiger partial charge in [0, 0.05) is 4.88 Å². The third-order valence-corrected chi connectivity index (χ3v) is 5.55. The molecule has 0 aliphatic carbocycles. The molecule has 120 valence electrons. The van der Waals surface area contributed by atoms with Gasteiger partial charge in [-0.25, -0.2) is 9.37 Å². The Morgan fingerprint density at radius 3 is 2.75 bits per heavy atom. The number of benzene rings is 2. The Morgan fingerprint density at radius 1 is 1.04 bits per heavy atom. The van der Waals surface area contributed by atoms with E-state index in [1.807, 2.05) is 36.4 Å². The zero-order chi connectivity index (χ0) is 16.5. The lowest BCUT2D eigenvalue weighted by Crippen LogP contribution is -1.85. The smallest absolute Gasteiger partial charge is 0.188 e. The van der Waals surface area contributed by atoms with Gasteiger partial charge in [-0.15, -0.1) is 11.3 Å². The Kier molecular flexibility index (Phi) is 3.92. The first-order valence-corrected chi connectivity index (χ1v) is 8.92. The highest BCUT2D eigenvalue weighted by Gasteiger charge is 2.10. The number of halogens is 1. The van der Waals surface area contributed by atoms with Crippen molar-refractivity contribution in [2.75, 3.05) is 12.4 Å². The van der Waals surface area contributed by atoms with Gasteiger partial charge in [-0.1, -0.05) is 29.5 Å². The second kappa shape index (κ2) is 6.22. The number of thiophene rings is 1. The maximum Gasteiger partial charge on any atom is 0.188 e. The molecule has 0 spiro atoms. The minimum absolute atomic E-state index is 0.292. The van der Waals surface area contributed by atoms with Crippen LogP contribution in [0.15, 0.2) is 54.6 Å². The van der Waals surface area contributed by atoms with Crippen LogP contribution in [0.25, 0.3) is 20.7 Å². The van der Waals surface area contributed by atoms with Gasteiger partial charge in [0.05, 0.1) is 16.8 Å². The molecule has 0 saturated carbocycles. The molecule has 3 nitrogen and oxygen atoms in total. The van der Waals surface area contributed by atoms with Gasteiger partial charge in [-0.3, -0.25) is 0 Å². The molecule has 0 atom stereocenters. The van der Waals surface area contributed by atoms with E-state index < -0.39 is 0 Å². The van der Waals surface area contributed by atoms with Crippen molar-refractivity contribution >= 4 is 43.0 Å². The summed E-state index contributed by atoms with van der Waals surface area (Å²) in [4.78, 5) is 5.46. The monoisotopic (exact) mass is 356 g/mol. The summed E-state index contributed by atoms with van der Waals surface area (Å²) >= 11 is 3.06. The number of nitrogens with zero attached hydrogens (tertiary/aromatic N) is 1. The molecule has 0 aliphatic heterocycles. The number of anilines is 2. The third-order valence-electron chi connectivity index (χ3n) is 3.56. The summed E-state index contributed by atoms with van der Waals surface area (Å²) in [5, 5.41) is 4.92. The highest BCUT2D eigenvalue weighted by Crippen LogP contribution is 2.36. The van der Waals surface area contributed by atoms with Crippen LogP contribution in [-0.2, 0) is 0 Å². The van der Waals surface area contributed by atoms with Crippen molar-refractivity contribution in [3.8, 4) is 16.2 Å². The van der Waals surface area contributed by atoms with Gasteiger partial charge in [0.1, 0.15) is 17.1 Å². The molecule has 6 heteroatoms. The molecule has 0 saturated heterocycles. The molecule has 0 fully saturated rings. The van der Waals surface area contributed by atoms with Crippen molar-refractivity contribution in [3.63, 3.8) is 0 Å². The maximum absolute atomic E-state index is 13.7. The zero-order valence-corrected chi connectivity index (χ0v) is 14.4. The van der Waals surface area contributed by atoms with E-state index in [1.54, 1.807) is 24.5 Å². The normalized spacial score (nSPS) is 10.9. The van der Waals surface area contributed by atoms with Crippen LogP contribution >= 0.6 is 22.7 Å². The molecular formula is C18H13FN2OS2. The number of hydrogen-bond acceptors (Lipinski definition) is 5. The Morgan fingerprint density at radius 2 is 1.92 bits per heavy atom. The number of thiazole rings is 1. The molecule has 0 bridgehead atoms. The van der Waals surface area contributed by atoms with Crippen LogP contribution < -0.4 is 10.1 Å². The van der Waals surface area contributed by atoms with E-state index in [4.69, 9.17) is 4.74 Å². The van der Waals surface area contributed by atoms with Gasteiger partial charge in [-0.2, -0.15) is 0 Å². The van der Waals surface area contributed by atoms with Crippen LogP contribution in [0.2, 0.25) is 0 Å². The van der Waals surface area contributed by atoms with Crippen LogP contribution in [-0.4, -0.2) is 12.1 Å². The average Bonchev–Trinajstić information content (AvgIpc) is 3.23. The molecule has 0 amide bonds. The fourth-order valence-electron chi connectivity index (χ4n) is 2.41. The largest absolute Gasteiger partial charge is 0.497 e. The van der Waals surface area contributed by atoms with Crippen molar-refractivity contribution in [1.29, 1.82) is 0 Å². The van der Waals surface area contributed by atoms with Gasteiger partial charge >= 0.3 is 0 Å². The number of aromatic nitrogens is 1. The van der Waals surface area contributed by atoms with Gasteiger partial charge < -0.3 is 10.1 Å². The highest BCUT2D eigenvalue weighted by atomic mass is 32.1. The van der Waals surface area contributed by atoms with Gasteiger partial charge in [0.2, 0.25) is 0 Å². The number of rotatable bonds is 4. The average molecular weight is 356 g/mol. The Hall–Kier alpha value is -2.44. The fourth-order valence-corrected chi connectivity index (χ4v) is 4.27. The first kappa shape index (κ1) is 15.1. The van der Waals surface area contributed by atoms with Crippen LogP contribution in [0.1, 0.15) is 0 Å². The minimum atomic E-state index is -0.292. The fraction of sp³-hybridized carbons (Fsp3) is 0.0556. The van der Waals surface area contributed by atoms with E-state index in [0.717, 1.165) is 25.9 Å². The molecule has 0 radical (unpaired) electrons. The molecule has 0 unspecified atom stereocenters. The molecule has 24 heavy (non-hydrogen) atoms. The summed E-state index contributed by atoms with van der Waals surface area (Å²) < 4.78 is 19.8. The van der Waals surface area contributed by atoms with E-state index in [1.165, 1.54) is 17.4 Å². The summed E-state index contributed by atoms with van der Waals surface area (Å²) in [5.74, 6) is 0.539. The van der Waals surface area contributed by atoms with E-state index >= 15 is 0 Å². The number of nitrogens with one attached hydrogen (secondary N) is 1. The van der Waals surface area contributed by atoms with Crippen molar-refractivity contribution in [2.24, 2.45) is 0 Å². The summed E-state index contributed by atoms with van der Waals surface area (Å²) in [6, 6.07) is 17.0. The lowest BCUT2D eigenvalue weighted by atomic mass is 10.2. The number of methoxy groups -OCH3 is 1. The number of hydrogen-bond donors (Lipinski definition) is 1. The highest BCUT2D eigenvalue weighted by molar-refractivity contribution is 7.23. The van der Waals surface area contributed by atoms with Crippen molar-refractivity contribution < 1.29 is 9.13 Å². The van der Waals surface area contributed by atoms with E-state index in [-0.39, 0.29) is 5.82 Å². The molecule has 1 N–H and O–H groups in total. The van der Waals surface area contributed by atoms with E-state index in [2.05, 4.69) is 16.4 Å². The lowest BCUT2D eigenvalue weighted by Gasteiger charge is -2.02. The Labute approximate surface area is 146 Å². The van der Waals surface area contributed by atoms with Crippen molar-refractivity contribution in [3.05, 3.63) is 60.4 Å². The van der Waals surface area contributed by atoms with Crippen LogP contribution in [0.5, 0.6) is 5.75 Å². The predicted octanol–water partition coefficient (Wildman–Crippen LogP) is 5.92. The summed E-state index contributed by atoms with van der Waals surface area (Å²) in [7, 11) is 1.66. The molecule has 4 rings (SSSR count). The quantitative estimate of drug-likeness (QED) is 0.493. The Bertz CT molecular complexity index is 1010. The minimum Gasteiger partial charge on any atom is -0.497 e. The summed E-state index contributed by atoms with van der Waals surface area (Å²) in [5.41, 5.74) is 1.51. The predicted molar refractivity (Wildman–Crippen MR) is 99.2 cm³/mol. The SMILES string of the molecule is COc1cccc(-c2ccc(Nc3nc4c(F)cccc4s3)s2)c1. The number of fused-ring (bicyclic) bond motifs is 1. The van der Waals surface area contributed by atoms with Gasteiger partial charge in [-0.05, 0) is 42.0 Å². The first-order valence-electron chi connectivity index (χ1n) is 7.29. The number of ether oxygens (including phenoxy) is 1. The van der Waals surface area contributed by atoms with Crippen molar-refractivity contribution in [2.45, 2.75) is 0 Å². The van der Waals surface area contributed by atoms with Crippen LogP contribution in [0, 0.1) is 5.82 Å². The molecule has 0 aliphatic rings. The topological polar surface area (TPSA) is 34.1 Å². The maximum atomic E-state index is 13.7. The zero-order valence-electron chi connectivity index (χ0n) is 12.7. The first-order chi connectivity index (χ1) is 11.7.